The van der Waals surface area contributed by atoms with Gasteiger partial charge in [0.15, 0.2) is 5.76 Å². The molecule has 2 amide bonds. The summed E-state index contributed by atoms with van der Waals surface area (Å²) in [5.74, 6) is -3.67. The van der Waals surface area contributed by atoms with Gasteiger partial charge in [-0.15, -0.1) is 6.58 Å². The summed E-state index contributed by atoms with van der Waals surface area (Å²) < 4.78 is 0. The van der Waals surface area contributed by atoms with Crippen LogP contribution in [0.3, 0.4) is 0 Å². The molecule has 1 saturated heterocycles. The number of aromatic amines is 1. The number of carbonyl (C=O) groups is 2. The van der Waals surface area contributed by atoms with Gasteiger partial charge in [0.25, 0.3) is 11.8 Å². The number of fused-ring (bicyclic) bond motifs is 2. The minimum Gasteiger partial charge on any atom is -0.503 e. The van der Waals surface area contributed by atoms with Crippen LogP contribution in [0.1, 0.15) is 25.1 Å². The Morgan fingerprint density at radius 2 is 2.00 bits per heavy atom. The van der Waals surface area contributed by atoms with Crippen LogP contribution >= 0.6 is 0 Å². The number of amides is 2. The lowest BCUT2D eigenvalue weighted by Crippen LogP contribution is -2.76. The molecule has 0 unspecified atom stereocenters. The number of hydrogen-bond acceptors (Lipinski definition) is 6. The van der Waals surface area contributed by atoms with Gasteiger partial charge in [0.05, 0.1) is 29.3 Å². The monoisotopic (exact) mass is 419 g/mol. The van der Waals surface area contributed by atoms with Gasteiger partial charge in [0.2, 0.25) is 5.79 Å². The summed E-state index contributed by atoms with van der Waals surface area (Å²) in [5, 5.41) is 26.0. The Morgan fingerprint density at radius 3 is 2.68 bits per heavy atom. The maximum Gasteiger partial charge on any atom is 0.296 e. The molecule has 3 aliphatic rings. The van der Waals surface area contributed by atoms with E-state index in [1.54, 1.807) is 30.3 Å². The minimum absolute atomic E-state index is 0.0370. The maximum absolute atomic E-state index is 13.3. The van der Waals surface area contributed by atoms with E-state index in [4.69, 9.17) is 0 Å². The molecular formula is C22H21N5O4. The molecule has 1 fully saturated rings. The van der Waals surface area contributed by atoms with Crippen molar-refractivity contribution in [2.24, 2.45) is 5.41 Å². The Morgan fingerprint density at radius 1 is 1.26 bits per heavy atom. The molecule has 5 rings (SSSR count). The van der Waals surface area contributed by atoms with Gasteiger partial charge in [-0.2, -0.15) is 0 Å². The molecule has 2 aromatic rings. The van der Waals surface area contributed by atoms with Gasteiger partial charge >= 0.3 is 0 Å². The highest BCUT2D eigenvalue weighted by atomic mass is 16.5. The number of nitrogens with zero attached hydrogens (tertiary/aromatic N) is 3. The Hall–Kier alpha value is -3.85. The average molecular weight is 419 g/mol. The molecular weight excluding hydrogens is 398 g/mol. The van der Waals surface area contributed by atoms with Crippen molar-refractivity contribution in [1.82, 2.24) is 20.2 Å². The Bertz CT molecular complexity index is 1200. The molecule has 1 spiro atoms. The van der Waals surface area contributed by atoms with Gasteiger partial charge in [-0.3, -0.25) is 19.7 Å². The molecule has 0 aliphatic carbocycles. The number of imidazole rings is 1. The van der Waals surface area contributed by atoms with Crippen molar-refractivity contribution in [3.63, 3.8) is 0 Å². The fourth-order valence-corrected chi connectivity index (χ4v) is 5.08. The molecule has 1 aromatic heterocycles. The van der Waals surface area contributed by atoms with Crippen molar-refractivity contribution in [1.29, 1.82) is 0 Å². The Labute approximate surface area is 178 Å². The molecule has 9 heteroatoms. The summed E-state index contributed by atoms with van der Waals surface area (Å²) in [6.45, 7) is 7.71. The smallest absolute Gasteiger partial charge is 0.296 e. The molecule has 0 bridgehead atoms. The van der Waals surface area contributed by atoms with E-state index in [-0.39, 0.29) is 5.70 Å². The first-order valence-corrected chi connectivity index (χ1v) is 9.72. The minimum atomic E-state index is -1.75. The largest absolute Gasteiger partial charge is 0.503 e. The second-order valence-electron chi connectivity index (χ2n) is 8.40. The van der Waals surface area contributed by atoms with Gasteiger partial charge < -0.3 is 15.4 Å². The number of aliphatic hydroxyl groups is 1. The van der Waals surface area contributed by atoms with Gasteiger partial charge in [-0.25, -0.2) is 10.0 Å². The van der Waals surface area contributed by atoms with Gasteiger partial charge in [-0.05, 0) is 23.8 Å². The van der Waals surface area contributed by atoms with Crippen LogP contribution < -0.4 is 10.4 Å². The Balaban J connectivity index is 1.90. The highest BCUT2D eigenvalue weighted by Gasteiger charge is 2.76. The van der Waals surface area contributed by atoms with Gasteiger partial charge in [0, 0.05) is 5.41 Å². The van der Waals surface area contributed by atoms with E-state index < -0.39 is 34.2 Å². The van der Waals surface area contributed by atoms with E-state index in [0.29, 0.717) is 16.9 Å². The standard InChI is InChI=1S/C22H21N5O4/c1-4-20(2,3)21-10-17(28)19(30)26-16(9-13-11-23-12-24-13)18(29)25-22(21,26)27(31)15-8-6-5-7-14(15)21/h4-12,28,31H,1H2,2-3H3,(H,23,24)(H,25,29)/t21-,22-/m1/s1. The first kappa shape index (κ1) is 19.1. The zero-order chi connectivity index (χ0) is 22.2. The fourth-order valence-electron chi connectivity index (χ4n) is 5.08. The van der Waals surface area contributed by atoms with Crippen molar-refractivity contribution < 1.29 is 19.9 Å². The molecule has 0 radical (unpaired) electrons. The molecule has 3 aliphatic heterocycles. The number of nitrogens with one attached hydrogen (secondary N) is 2. The number of hydrogen-bond donors (Lipinski definition) is 4. The lowest BCUT2D eigenvalue weighted by Gasteiger charge is -2.55. The van der Waals surface area contributed by atoms with Crippen LogP contribution in [0, 0.1) is 5.41 Å². The van der Waals surface area contributed by atoms with Crippen LogP contribution in [-0.2, 0) is 15.0 Å². The number of rotatable bonds is 3. The number of para-hydroxylation sites is 1. The van der Waals surface area contributed by atoms with Crippen LogP contribution in [0.15, 0.2) is 67.0 Å². The van der Waals surface area contributed by atoms with Crippen molar-refractivity contribution >= 4 is 23.6 Å². The summed E-state index contributed by atoms with van der Waals surface area (Å²) in [5.41, 5.74) is -0.601. The summed E-state index contributed by atoms with van der Waals surface area (Å²) in [7, 11) is 0. The number of anilines is 1. The number of aliphatic hydroxyl groups excluding tert-OH is 1. The van der Waals surface area contributed by atoms with E-state index in [1.807, 2.05) is 13.8 Å². The number of allylic oxidation sites excluding steroid dienone is 1. The fraction of sp³-hybridized carbons (Fsp3) is 0.227. The molecule has 1 aromatic carbocycles. The van der Waals surface area contributed by atoms with Crippen LogP contribution in [0.5, 0.6) is 0 Å². The molecule has 2 atom stereocenters. The SMILES string of the molecule is C=CC(C)(C)[C@]12C=C(O)C(=O)N3C(=Cc4cnc[nH]4)C(=O)N[C@@]31N(O)c1ccccc12. The highest BCUT2D eigenvalue weighted by Crippen LogP contribution is 2.64. The van der Waals surface area contributed by atoms with Crippen molar-refractivity contribution in [2.45, 2.75) is 25.0 Å². The molecule has 4 heterocycles. The molecule has 4 N–H and O–H groups in total. The number of aromatic nitrogens is 2. The third-order valence-corrected chi connectivity index (χ3v) is 6.61. The third kappa shape index (κ3) is 2.01. The lowest BCUT2D eigenvalue weighted by atomic mass is 9.57. The van der Waals surface area contributed by atoms with Crippen molar-refractivity contribution in [2.75, 3.05) is 5.06 Å². The molecule has 0 saturated carbocycles. The summed E-state index contributed by atoms with van der Waals surface area (Å²) in [6.07, 6.45) is 7.50. The summed E-state index contributed by atoms with van der Waals surface area (Å²) in [6, 6.07) is 7.05. The van der Waals surface area contributed by atoms with Crippen LogP contribution in [-0.4, -0.2) is 42.8 Å². The van der Waals surface area contributed by atoms with E-state index in [9.17, 15) is 19.9 Å². The number of benzene rings is 1. The zero-order valence-corrected chi connectivity index (χ0v) is 17.0. The van der Waals surface area contributed by atoms with Gasteiger partial charge in [0.1, 0.15) is 5.70 Å². The number of carbonyl (C=O) groups excluding carboxylic acids is 2. The van der Waals surface area contributed by atoms with Crippen molar-refractivity contribution in [3.05, 3.63) is 78.2 Å². The summed E-state index contributed by atoms with van der Waals surface area (Å²) in [4.78, 5) is 34.4. The molecule has 158 valence electrons. The normalized spacial score (nSPS) is 28.2. The average Bonchev–Trinajstić information content (AvgIpc) is 3.42. The van der Waals surface area contributed by atoms with E-state index in [0.717, 1.165) is 9.96 Å². The predicted octanol–water partition coefficient (Wildman–Crippen LogP) is 2.18. The first-order chi connectivity index (χ1) is 14.7. The predicted molar refractivity (Wildman–Crippen MR) is 111 cm³/mol. The maximum atomic E-state index is 13.3. The summed E-state index contributed by atoms with van der Waals surface area (Å²) >= 11 is 0. The van der Waals surface area contributed by atoms with E-state index >= 15 is 0 Å². The second kappa shape index (κ2) is 5.86. The van der Waals surface area contributed by atoms with Crippen LogP contribution in [0.4, 0.5) is 5.69 Å². The van der Waals surface area contributed by atoms with Crippen molar-refractivity contribution in [3.8, 4) is 0 Å². The topological polar surface area (TPSA) is 122 Å². The highest BCUT2D eigenvalue weighted by molar-refractivity contribution is 6.10. The van der Waals surface area contributed by atoms with Gasteiger partial charge in [-0.1, -0.05) is 38.1 Å². The zero-order valence-electron chi connectivity index (χ0n) is 17.0. The lowest BCUT2D eigenvalue weighted by molar-refractivity contribution is -0.143. The van der Waals surface area contributed by atoms with E-state index in [2.05, 4.69) is 21.9 Å². The molecule has 31 heavy (non-hydrogen) atoms. The number of H-pyrrole nitrogens is 1. The molecule has 9 nitrogen and oxygen atoms in total. The number of hydroxylamine groups is 1. The third-order valence-electron chi connectivity index (χ3n) is 6.61. The second-order valence-corrected chi connectivity index (χ2v) is 8.40. The van der Waals surface area contributed by atoms with E-state index in [1.165, 1.54) is 24.7 Å². The first-order valence-electron chi connectivity index (χ1n) is 9.72. The van der Waals surface area contributed by atoms with Crippen LogP contribution in [0.2, 0.25) is 0 Å². The quantitative estimate of drug-likeness (QED) is 0.447. The Kier molecular flexibility index (Phi) is 3.61. The van der Waals surface area contributed by atoms with Crippen LogP contribution in [0.25, 0.3) is 6.08 Å².